The van der Waals surface area contributed by atoms with Crippen LogP contribution in [-0.2, 0) is 0 Å². The number of carbonyl (C=O) groups excluding carboxylic acids is 1. The van der Waals surface area contributed by atoms with Crippen molar-refractivity contribution in [1.82, 2.24) is 0 Å². The minimum atomic E-state index is 0.174. The lowest BCUT2D eigenvalue weighted by Gasteiger charge is -2.07. The maximum atomic E-state index is 11.7. The quantitative estimate of drug-likeness (QED) is 0.606. The van der Waals surface area contributed by atoms with Crippen LogP contribution in [0.2, 0.25) is 0 Å². The minimum absolute atomic E-state index is 0.174. The van der Waals surface area contributed by atoms with Crippen LogP contribution in [0.25, 0.3) is 0 Å². The van der Waals surface area contributed by atoms with Crippen LogP contribution in [0.1, 0.15) is 29.3 Å². The van der Waals surface area contributed by atoms with E-state index in [1.54, 1.807) is 0 Å². The molecule has 1 aromatic carbocycles. The molecule has 0 fully saturated rings. The lowest BCUT2D eigenvalue weighted by atomic mass is 10.0. The molecule has 0 aliphatic carbocycles. The number of Topliss-reactive ketones (excluding diaryl/α,β-unsaturated/α-hetero) is 1. The first-order valence-electron chi connectivity index (χ1n) is 5.01. The standard InChI is InChI=1S/C12H15BrO2/c1-3-15-10-4-5-11(9(2)8-10)12(14)6-7-13/h4-5,8H,3,6-7H2,1-2H3. The average Bonchev–Trinajstić information content (AvgIpc) is 2.18. The Kier molecular flexibility index (Phi) is 4.82. The van der Waals surface area contributed by atoms with E-state index in [0.29, 0.717) is 18.4 Å². The molecular weight excluding hydrogens is 256 g/mol. The third-order valence-corrected chi connectivity index (χ3v) is 2.53. The van der Waals surface area contributed by atoms with Gasteiger partial charge in [-0.15, -0.1) is 0 Å². The van der Waals surface area contributed by atoms with E-state index in [1.807, 2.05) is 32.0 Å². The molecule has 0 atom stereocenters. The van der Waals surface area contributed by atoms with Gasteiger partial charge in [0.15, 0.2) is 5.78 Å². The van der Waals surface area contributed by atoms with Crippen molar-refractivity contribution < 1.29 is 9.53 Å². The molecule has 0 N–H and O–H groups in total. The van der Waals surface area contributed by atoms with Crippen molar-refractivity contribution in [3.05, 3.63) is 29.3 Å². The Balaban J connectivity index is 2.87. The zero-order valence-electron chi connectivity index (χ0n) is 9.05. The Morgan fingerprint density at radius 1 is 1.47 bits per heavy atom. The molecule has 0 amide bonds. The SMILES string of the molecule is CCOc1ccc(C(=O)CCBr)c(C)c1. The zero-order valence-corrected chi connectivity index (χ0v) is 10.6. The third-order valence-electron chi connectivity index (χ3n) is 2.13. The van der Waals surface area contributed by atoms with Gasteiger partial charge in [0.2, 0.25) is 0 Å². The van der Waals surface area contributed by atoms with E-state index in [1.165, 1.54) is 0 Å². The molecule has 0 radical (unpaired) electrons. The van der Waals surface area contributed by atoms with Crippen molar-refractivity contribution in [2.24, 2.45) is 0 Å². The first-order valence-corrected chi connectivity index (χ1v) is 6.13. The number of ketones is 1. The largest absolute Gasteiger partial charge is 0.494 e. The van der Waals surface area contributed by atoms with Crippen molar-refractivity contribution in [2.45, 2.75) is 20.3 Å². The number of alkyl halides is 1. The van der Waals surface area contributed by atoms with Gasteiger partial charge in [-0.3, -0.25) is 4.79 Å². The molecule has 2 nitrogen and oxygen atoms in total. The first kappa shape index (κ1) is 12.2. The van der Waals surface area contributed by atoms with Gasteiger partial charge in [0.1, 0.15) is 5.75 Å². The molecule has 0 saturated heterocycles. The van der Waals surface area contributed by atoms with Crippen LogP contribution < -0.4 is 4.74 Å². The van der Waals surface area contributed by atoms with Crippen molar-refractivity contribution in [3.63, 3.8) is 0 Å². The number of hydrogen-bond acceptors (Lipinski definition) is 2. The van der Waals surface area contributed by atoms with Gasteiger partial charge >= 0.3 is 0 Å². The maximum Gasteiger partial charge on any atom is 0.163 e. The van der Waals surface area contributed by atoms with Crippen LogP contribution in [0.4, 0.5) is 0 Å². The summed E-state index contributed by atoms with van der Waals surface area (Å²) in [5.41, 5.74) is 1.77. The summed E-state index contributed by atoms with van der Waals surface area (Å²) in [4.78, 5) is 11.7. The second-order valence-electron chi connectivity index (χ2n) is 3.27. The Morgan fingerprint density at radius 2 is 2.20 bits per heavy atom. The van der Waals surface area contributed by atoms with Gasteiger partial charge < -0.3 is 4.74 Å². The Labute approximate surface area is 98.8 Å². The van der Waals surface area contributed by atoms with Gasteiger partial charge in [-0.2, -0.15) is 0 Å². The molecule has 0 bridgehead atoms. The van der Waals surface area contributed by atoms with Crippen LogP contribution in [0.3, 0.4) is 0 Å². The molecule has 0 heterocycles. The monoisotopic (exact) mass is 270 g/mol. The molecule has 0 aliphatic rings. The predicted octanol–water partition coefficient (Wildman–Crippen LogP) is 3.36. The Hall–Kier alpha value is -0.830. The summed E-state index contributed by atoms with van der Waals surface area (Å²) in [5, 5.41) is 0.707. The topological polar surface area (TPSA) is 26.3 Å². The van der Waals surface area contributed by atoms with Gasteiger partial charge in [0.25, 0.3) is 0 Å². The number of halogens is 1. The highest BCUT2D eigenvalue weighted by Crippen LogP contribution is 2.18. The van der Waals surface area contributed by atoms with Gasteiger partial charge in [-0.25, -0.2) is 0 Å². The lowest BCUT2D eigenvalue weighted by Crippen LogP contribution is -2.02. The predicted molar refractivity (Wildman–Crippen MR) is 65.1 cm³/mol. The fourth-order valence-corrected chi connectivity index (χ4v) is 1.79. The number of ether oxygens (including phenoxy) is 1. The van der Waals surface area contributed by atoms with E-state index in [9.17, 15) is 4.79 Å². The normalized spacial score (nSPS) is 10.1. The van der Waals surface area contributed by atoms with E-state index >= 15 is 0 Å². The van der Waals surface area contributed by atoms with Crippen molar-refractivity contribution in [3.8, 4) is 5.75 Å². The molecule has 1 aromatic rings. The Morgan fingerprint density at radius 3 is 2.73 bits per heavy atom. The summed E-state index contributed by atoms with van der Waals surface area (Å²) >= 11 is 3.27. The van der Waals surface area contributed by atoms with E-state index in [2.05, 4.69) is 15.9 Å². The van der Waals surface area contributed by atoms with Crippen molar-refractivity contribution >= 4 is 21.7 Å². The summed E-state index contributed by atoms with van der Waals surface area (Å²) in [6, 6.07) is 5.59. The van der Waals surface area contributed by atoms with E-state index in [-0.39, 0.29) is 5.78 Å². The van der Waals surface area contributed by atoms with Crippen molar-refractivity contribution in [2.75, 3.05) is 11.9 Å². The average molecular weight is 271 g/mol. The van der Waals surface area contributed by atoms with Crippen LogP contribution in [-0.4, -0.2) is 17.7 Å². The van der Waals surface area contributed by atoms with E-state index in [4.69, 9.17) is 4.74 Å². The molecule has 82 valence electrons. The summed E-state index contributed by atoms with van der Waals surface area (Å²) in [6.07, 6.45) is 0.537. The summed E-state index contributed by atoms with van der Waals surface area (Å²) < 4.78 is 5.36. The third kappa shape index (κ3) is 3.34. The molecular formula is C12H15BrO2. The molecule has 0 saturated carbocycles. The smallest absolute Gasteiger partial charge is 0.163 e. The van der Waals surface area contributed by atoms with Gasteiger partial charge in [0, 0.05) is 17.3 Å². The highest BCUT2D eigenvalue weighted by molar-refractivity contribution is 9.09. The molecule has 15 heavy (non-hydrogen) atoms. The first-order chi connectivity index (χ1) is 7.19. The Bertz CT molecular complexity index is 347. The molecule has 3 heteroatoms. The number of aryl methyl sites for hydroxylation is 1. The fraction of sp³-hybridized carbons (Fsp3) is 0.417. The highest BCUT2D eigenvalue weighted by atomic mass is 79.9. The number of benzene rings is 1. The lowest BCUT2D eigenvalue weighted by molar-refractivity contribution is 0.0989. The van der Waals surface area contributed by atoms with E-state index < -0.39 is 0 Å². The number of carbonyl (C=O) groups is 1. The zero-order chi connectivity index (χ0) is 11.3. The van der Waals surface area contributed by atoms with Gasteiger partial charge in [-0.1, -0.05) is 15.9 Å². The highest BCUT2D eigenvalue weighted by Gasteiger charge is 2.08. The minimum Gasteiger partial charge on any atom is -0.494 e. The van der Waals surface area contributed by atoms with Crippen molar-refractivity contribution in [1.29, 1.82) is 0 Å². The fourth-order valence-electron chi connectivity index (χ4n) is 1.43. The summed E-state index contributed by atoms with van der Waals surface area (Å²) in [7, 11) is 0. The molecule has 0 unspecified atom stereocenters. The van der Waals surface area contributed by atoms with Gasteiger partial charge in [0.05, 0.1) is 6.61 Å². The molecule has 0 spiro atoms. The van der Waals surface area contributed by atoms with Crippen LogP contribution in [0.15, 0.2) is 18.2 Å². The molecule has 0 aromatic heterocycles. The molecule has 0 aliphatic heterocycles. The van der Waals surface area contributed by atoms with Crippen LogP contribution in [0.5, 0.6) is 5.75 Å². The second-order valence-corrected chi connectivity index (χ2v) is 4.06. The molecule has 1 rings (SSSR count). The van der Waals surface area contributed by atoms with Gasteiger partial charge in [-0.05, 0) is 37.6 Å². The summed E-state index contributed by atoms with van der Waals surface area (Å²) in [5.74, 6) is 0.998. The van der Waals surface area contributed by atoms with Crippen LogP contribution >= 0.6 is 15.9 Å². The maximum absolute atomic E-state index is 11.7. The van der Waals surface area contributed by atoms with Crippen LogP contribution in [0, 0.1) is 6.92 Å². The number of rotatable bonds is 5. The number of hydrogen-bond donors (Lipinski definition) is 0. The summed E-state index contributed by atoms with van der Waals surface area (Å²) in [6.45, 7) is 4.53. The van der Waals surface area contributed by atoms with E-state index in [0.717, 1.165) is 16.9 Å². The second kappa shape index (κ2) is 5.91.